The van der Waals surface area contributed by atoms with Crippen LogP contribution in [0.4, 0.5) is 4.79 Å². The molecule has 0 aliphatic rings. The molecule has 4 N–H and O–H groups in total. The number of carboxylic acid groups (broad SMARTS) is 1. The summed E-state index contributed by atoms with van der Waals surface area (Å²) < 4.78 is 0. The highest BCUT2D eigenvalue weighted by molar-refractivity contribution is 5.86. The van der Waals surface area contributed by atoms with Crippen molar-refractivity contribution < 1.29 is 19.5 Å². The summed E-state index contributed by atoms with van der Waals surface area (Å²) in [7, 11) is 0. The van der Waals surface area contributed by atoms with E-state index in [9.17, 15) is 14.4 Å². The Hall–Kier alpha value is -1.79. The Balaban J connectivity index is 3.91. The molecule has 0 aromatic heterocycles. The van der Waals surface area contributed by atoms with Gasteiger partial charge in [0.15, 0.2) is 0 Å². The Morgan fingerprint density at radius 2 is 1.62 bits per heavy atom. The van der Waals surface area contributed by atoms with Crippen LogP contribution in [0.5, 0.6) is 0 Å². The number of carbonyl (C=O) groups is 3. The van der Waals surface area contributed by atoms with Crippen LogP contribution in [0.25, 0.3) is 0 Å². The van der Waals surface area contributed by atoms with Crippen LogP contribution in [0.1, 0.15) is 40.5 Å². The number of hydrogen-bond acceptors (Lipinski definition) is 3. The third kappa shape index (κ3) is 10.6. The average molecular weight is 301 g/mol. The lowest BCUT2D eigenvalue weighted by Crippen LogP contribution is -2.49. The molecule has 2 atom stereocenters. The summed E-state index contributed by atoms with van der Waals surface area (Å²) in [5, 5.41) is 16.5. The Bertz CT molecular complexity index is 358. The van der Waals surface area contributed by atoms with Gasteiger partial charge < -0.3 is 21.1 Å². The van der Waals surface area contributed by atoms with E-state index in [1.165, 1.54) is 0 Å². The number of hydrogen-bond donors (Lipinski definition) is 4. The van der Waals surface area contributed by atoms with Crippen LogP contribution < -0.4 is 16.0 Å². The molecule has 0 aromatic rings. The molecule has 0 heterocycles. The standard InChI is InChI=1S/C14H27N3O4/c1-9(2)7-15-13(20)11(4)17-14(21)16-8-10(3)5-6-12(18)19/h9-11H,5-8H2,1-4H3,(H,15,20)(H,18,19)(H2,16,17,21). The molecule has 0 fully saturated rings. The topological polar surface area (TPSA) is 108 Å². The summed E-state index contributed by atoms with van der Waals surface area (Å²) in [6, 6.07) is -1.04. The van der Waals surface area contributed by atoms with Gasteiger partial charge in [-0.1, -0.05) is 20.8 Å². The first kappa shape index (κ1) is 19.2. The molecule has 0 saturated heterocycles. The minimum absolute atomic E-state index is 0.0666. The van der Waals surface area contributed by atoms with E-state index >= 15 is 0 Å². The number of carboxylic acids is 1. The first-order valence-corrected chi connectivity index (χ1v) is 7.26. The maximum atomic E-state index is 11.7. The third-order valence-corrected chi connectivity index (χ3v) is 2.89. The maximum Gasteiger partial charge on any atom is 0.315 e. The smallest absolute Gasteiger partial charge is 0.315 e. The van der Waals surface area contributed by atoms with E-state index in [-0.39, 0.29) is 18.2 Å². The van der Waals surface area contributed by atoms with Gasteiger partial charge in [-0.2, -0.15) is 0 Å². The second-order valence-electron chi connectivity index (χ2n) is 5.75. The van der Waals surface area contributed by atoms with Gasteiger partial charge in [0.1, 0.15) is 6.04 Å². The normalized spacial score (nSPS) is 13.4. The van der Waals surface area contributed by atoms with Crippen LogP contribution in [0.15, 0.2) is 0 Å². The molecule has 7 heteroatoms. The number of amides is 3. The van der Waals surface area contributed by atoms with Crippen LogP contribution in [0.3, 0.4) is 0 Å². The molecule has 0 aliphatic carbocycles. The zero-order valence-electron chi connectivity index (χ0n) is 13.2. The number of rotatable bonds is 9. The van der Waals surface area contributed by atoms with Gasteiger partial charge in [0.25, 0.3) is 0 Å². The number of carbonyl (C=O) groups excluding carboxylic acids is 2. The predicted octanol–water partition coefficient (Wildman–Crippen LogP) is 0.947. The van der Waals surface area contributed by atoms with E-state index < -0.39 is 18.0 Å². The van der Waals surface area contributed by atoms with Crippen molar-refractivity contribution in [3.8, 4) is 0 Å². The zero-order chi connectivity index (χ0) is 16.4. The second-order valence-corrected chi connectivity index (χ2v) is 5.75. The molecule has 0 rings (SSSR count). The highest BCUT2D eigenvalue weighted by atomic mass is 16.4. The van der Waals surface area contributed by atoms with Gasteiger partial charge in [-0.15, -0.1) is 0 Å². The van der Waals surface area contributed by atoms with Gasteiger partial charge in [0.2, 0.25) is 5.91 Å². The van der Waals surface area contributed by atoms with Crippen molar-refractivity contribution in [1.29, 1.82) is 0 Å². The highest BCUT2D eigenvalue weighted by Crippen LogP contribution is 2.03. The number of aliphatic carboxylic acids is 1. The molecular formula is C14H27N3O4. The van der Waals surface area contributed by atoms with Crippen molar-refractivity contribution in [2.45, 2.75) is 46.6 Å². The number of nitrogens with one attached hydrogen (secondary N) is 3. The van der Waals surface area contributed by atoms with Crippen molar-refractivity contribution in [3.63, 3.8) is 0 Å². The fraction of sp³-hybridized carbons (Fsp3) is 0.786. The fourth-order valence-electron chi connectivity index (χ4n) is 1.51. The Kier molecular flexibility index (Phi) is 9.16. The highest BCUT2D eigenvalue weighted by Gasteiger charge is 2.15. The minimum Gasteiger partial charge on any atom is -0.481 e. The molecule has 0 aromatic carbocycles. The molecule has 2 unspecified atom stereocenters. The van der Waals surface area contributed by atoms with Gasteiger partial charge in [0.05, 0.1) is 0 Å². The first-order valence-electron chi connectivity index (χ1n) is 7.26. The summed E-state index contributed by atoms with van der Waals surface area (Å²) in [5.41, 5.74) is 0. The molecule has 0 spiro atoms. The molecule has 0 bridgehead atoms. The molecule has 21 heavy (non-hydrogen) atoms. The molecule has 0 radical (unpaired) electrons. The van der Waals surface area contributed by atoms with Gasteiger partial charge in [-0.25, -0.2) is 4.79 Å². The molecular weight excluding hydrogens is 274 g/mol. The maximum absolute atomic E-state index is 11.7. The monoisotopic (exact) mass is 301 g/mol. The molecule has 0 saturated carbocycles. The lowest BCUT2D eigenvalue weighted by molar-refractivity contribution is -0.137. The van der Waals surface area contributed by atoms with E-state index in [0.717, 1.165) is 0 Å². The van der Waals surface area contributed by atoms with Gasteiger partial charge >= 0.3 is 12.0 Å². The predicted molar refractivity (Wildman–Crippen MR) is 79.9 cm³/mol. The molecule has 0 aliphatic heterocycles. The summed E-state index contributed by atoms with van der Waals surface area (Å²) in [4.78, 5) is 33.7. The number of urea groups is 1. The third-order valence-electron chi connectivity index (χ3n) is 2.89. The zero-order valence-corrected chi connectivity index (χ0v) is 13.2. The summed E-state index contributed by atoms with van der Waals surface area (Å²) in [6.07, 6.45) is 0.582. The van der Waals surface area contributed by atoms with Crippen LogP contribution >= 0.6 is 0 Å². The van der Waals surface area contributed by atoms with E-state index in [0.29, 0.717) is 25.4 Å². The Morgan fingerprint density at radius 1 is 1.00 bits per heavy atom. The SMILES string of the molecule is CC(C)CNC(=O)C(C)NC(=O)NCC(C)CCC(=O)O. The Labute approximate surface area is 125 Å². The molecule has 7 nitrogen and oxygen atoms in total. The molecule has 3 amide bonds. The van der Waals surface area contributed by atoms with Crippen LogP contribution in [0, 0.1) is 11.8 Å². The summed E-state index contributed by atoms with van der Waals surface area (Å²) in [6.45, 7) is 8.40. The van der Waals surface area contributed by atoms with E-state index in [1.807, 2.05) is 20.8 Å². The van der Waals surface area contributed by atoms with Crippen LogP contribution in [-0.4, -0.2) is 42.1 Å². The van der Waals surface area contributed by atoms with Crippen molar-refractivity contribution in [2.75, 3.05) is 13.1 Å². The summed E-state index contributed by atoms with van der Waals surface area (Å²) >= 11 is 0. The quantitative estimate of drug-likeness (QED) is 0.508. The lowest BCUT2D eigenvalue weighted by atomic mass is 10.1. The molecule has 122 valence electrons. The van der Waals surface area contributed by atoms with Gasteiger partial charge in [-0.05, 0) is 25.2 Å². The Morgan fingerprint density at radius 3 is 2.14 bits per heavy atom. The minimum atomic E-state index is -0.846. The average Bonchev–Trinajstić information content (AvgIpc) is 2.39. The summed E-state index contributed by atoms with van der Waals surface area (Å²) in [5.74, 6) is -0.651. The van der Waals surface area contributed by atoms with Crippen molar-refractivity contribution in [2.24, 2.45) is 11.8 Å². The van der Waals surface area contributed by atoms with E-state index in [4.69, 9.17) is 5.11 Å². The van der Waals surface area contributed by atoms with Crippen LogP contribution in [0.2, 0.25) is 0 Å². The first-order chi connectivity index (χ1) is 9.72. The van der Waals surface area contributed by atoms with Gasteiger partial charge in [-0.3, -0.25) is 9.59 Å². The lowest BCUT2D eigenvalue weighted by Gasteiger charge is -2.17. The van der Waals surface area contributed by atoms with Gasteiger partial charge in [0, 0.05) is 19.5 Å². The second kappa shape index (κ2) is 10.0. The van der Waals surface area contributed by atoms with Crippen molar-refractivity contribution in [1.82, 2.24) is 16.0 Å². The van der Waals surface area contributed by atoms with Crippen molar-refractivity contribution >= 4 is 17.9 Å². The van der Waals surface area contributed by atoms with Crippen molar-refractivity contribution in [3.05, 3.63) is 0 Å². The van der Waals surface area contributed by atoms with E-state index in [1.54, 1.807) is 6.92 Å². The van der Waals surface area contributed by atoms with Crippen LogP contribution in [-0.2, 0) is 9.59 Å². The van der Waals surface area contributed by atoms with E-state index in [2.05, 4.69) is 16.0 Å². The largest absolute Gasteiger partial charge is 0.481 e. The fourth-order valence-corrected chi connectivity index (χ4v) is 1.51.